The maximum Gasteiger partial charge on any atom is 0.270 e. The zero-order chi connectivity index (χ0) is 14.1. The summed E-state index contributed by atoms with van der Waals surface area (Å²) in [4.78, 5) is 5.13. The largest absolute Gasteiger partial charge is 0.594 e. The van der Waals surface area contributed by atoms with Gasteiger partial charge in [-0.1, -0.05) is 13.3 Å². The fourth-order valence-corrected chi connectivity index (χ4v) is 2.93. The first-order valence-electron chi connectivity index (χ1n) is 7.24. The minimum absolute atomic E-state index is 0.0859. The van der Waals surface area contributed by atoms with Crippen LogP contribution in [0.25, 0.3) is 11.0 Å². The molecule has 1 aromatic carbocycles. The number of aliphatic hydroxyl groups excluding tert-OH is 1. The van der Waals surface area contributed by atoms with Gasteiger partial charge in [0.1, 0.15) is 5.52 Å². The van der Waals surface area contributed by atoms with Crippen molar-refractivity contribution in [1.29, 1.82) is 0 Å². The van der Waals surface area contributed by atoms with E-state index in [1.54, 1.807) is 0 Å². The molecule has 5 nitrogen and oxygen atoms in total. The Morgan fingerprint density at radius 1 is 1.35 bits per heavy atom. The van der Waals surface area contributed by atoms with Gasteiger partial charge >= 0.3 is 0 Å². The third kappa shape index (κ3) is 2.33. The summed E-state index contributed by atoms with van der Waals surface area (Å²) in [5, 5.41) is 24.8. The minimum Gasteiger partial charge on any atom is -0.594 e. The maximum atomic E-state index is 12.0. The van der Waals surface area contributed by atoms with Gasteiger partial charge in [0, 0.05) is 24.2 Å². The standard InChI is InChI=1S/C15H19N3O2/c1-2-10-6-11-8-13-14(9-12(11)7-10)18(20)17-15(16-13)4-3-5-19/h8-10,19H,2-7H2,1H3. The predicted molar refractivity (Wildman–Crippen MR) is 75.1 cm³/mol. The molecule has 1 unspecified atom stereocenters. The highest BCUT2D eigenvalue weighted by molar-refractivity contribution is 5.73. The molecule has 0 bridgehead atoms. The van der Waals surface area contributed by atoms with E-state index in [1.165, 1.54) is 11.1 Å². The van der Waals surface area contributed by atoms with Gasteiger partial charge in [-0.15, -0.1) is 0 Å². The Morgan fingerprint density at radius 3 is 2.80 bits per heavy atom. The Morgan fingerprint density at radius 2 is 2.10 bits per heavy atom. The highest BCUT2D eigenvalue weighted by Gasteiger charge is 2.23. The molecule has 20 heavy (non-hydrogen) atoms. The molecule has 0 radical (unpaired) electrons. The fraction of sp³-hybridized carbons (Fsp3) is 0.533. The molecule has 1 N–H and O–H groups in total. The molecule has 0 saturated heterocycles. The number of aromatic nitrogens is 3. The summed E-state index contributed by atoms with van der Waals surface area (Å²) in [6.45, 7) is 2.29. The monoisotopic (exact) mass is 273 g/mol. The predicted octanol–water partition coefficient (Wildman–Crippen LogP) is 1.31. The van der Waals surface area contributed by atoms with Gasteiger partial charge in [-0.05, 0) is 47.2 Å². The average molecular weight is 273 g/mol. The highest BCUT2D eigenvalue weighted by atomic mass is 16.5. The summed E-state index contributed by atoms with van der Waals surface area (Å²) < 4.78 is 0. The van der Waals surface area contributed by atoms with Gasteiger partial charge < -0.3 is 10.3 Å². The molecule has 5 heteroatoms. The fourth-order valence-electron chi connectivity index (χ4n) is 2.93. The number of aliphatic hydroxyl groups is 1. The zero-order valence-electron chi connectivity index (χ0n) is 11.7. The number of rotatable bonds is 4. The number of hydrogen-bond acceptors (Lipinski definition) is 4. The van der Waals surface area contributed by atoms with E-state index in [-0.39, 0.29) is 6.61 Å². The average Bonchev–Trinajstić information content (AvgIpc) is 2.85. The molecule has 106 valence electrons. The van der Waals surface area contributed by atoms with Gasteiger partial charge in [-0.25, -0.2) is 4.98 Å². The van der Waals surface area contributed by atoms with E-state index in [0.29, 0.717) is 34.9 Å². The molecule has 0 fully saturated rings. The smallest absolute Gasteiger partial charge is 0.270 e. The second kappa shape index (κ2) is 5.32. The van der Waals surface area contributed by atoms with Gasteiger partial charge in [0.2, 0.25) is 0 Å². The van der Waals surface area contributed by atoms with E-state index < -0.39 is 0 Å². The van der Waals surface area contributed by atoms with E-state index >= 15 is 0 Å². The molecule has 3 rings (SSSR count). The van der Waals surface area contributed by atoms with Crippen molar-refractivity contribution in [3.63, 3.8) is 0 Å². The first-order valence-corrected chi connectivity index (χ1v) is 7.24. The SMILES string of the molecule is CCC1Cc2cc3nc(CCCO)n[n+]([O-])c3cc2C1. The molecule has 0 aliphatic heterocycles. The van der Waals surface area contributed by atoms with Gasteiger partial charge in [0.25, 0.3) is 5.52 Å². The van der Waals surface area contributed by atoms with Gasteiger partial charge in [0.15, 0.2) is 5.82 Å². The van der Waals surface area contributed by atoms with Crippen LogP contribution in [0, 0.1) is 11.1 Å². The van der Waals surface area contributed by atoms with E-state index in [0.717, 1.165) is 24.8 Å². The number of hydrogen-bond donors (Lipinski definition) is 1. The molecule has 0 spiro atoms. The van der Waals surface area contributed by atoms with Crippen LogP contribution in [0.1, 0.15) is 36.7 Å². The van der Waals surface area contributed by atoms with E-state index in [1.807, 2.05) is 12.1 Å². The van der Waals surface area contributed by atoms with Crippen molar-refractivity contribution in [1.82, 2.24) is 10.1 Å². The maximum absolute atomic E-state index is 12.0. The van der Waals surface area contributed by atoms with E-state index in [2.05, 4.69) is 17.0 Å². The Labute approximate surface area is 117 Å². The molecule has 2 aromatic rings. The number of benzene rings is 1. The highest BCUT2D eigenvalue weighted by Crippen LogP contribution is 2.30. The zero-order valence-corrected chi connectivity index (χ0v) is 11.7. The summed E-state index contributed by atoms with van der Waals surface area (Å²) in [5.41, 5.74) is 3.85. The van der Waals surface area contributed by atoms with Crippen molar-refractivity contribution >= 4 is 11.0 Å². The molecule has 1 heterocycles. The Kier molecular flexibility index (Phi) is 3.53. The summed E-state index contributed by atoms with van der Waals surface area (Å²) in [6, 6.07) is 3.99. The third-order valence-electron chi connectivity index (χ3n) is 4.11. The summed E-state index contributed by atoms with van der Waals surface area (Å²) >= 11 is 0. The number of nitrogens with zero attached hydrogens (tertiary/aromatic N) is 3. The molecule has 1 atom stereocenters. The van der Waals surface area contributed by atoms with Crippen molar-refractivity contribution in [2.45, 2.75) is 39.0 Å². The molecule has 1 aromatic heterocycles. The Hall–Kier alpha value is -1.75. The summed E-state index contributed by atoms with van der Waals surface area (Å²) in [7, 11) is 0. The minimum atomic E-state index is 0.0859. The number of fused-ring (bicyclic) bond motifs is 2. The second-order valence-corrected chi connectivity index (χ2v) is 5.52. The van der Waals surface area contributed by atoms with Crippen molar-refractivity contribution in [3.8, 4) is 0 Å². The van der Waals surface area contributed by atoms with Crippen LogP contribution in [-0.2, 0) is 19.3 Å². The van der Waals surface area contributed by atoms with Crippen LogP contribution in [0.5, 0.6) is 0 Å². The van der Waals surface area contributed by atoms with E-state index in [4.69, 9.17) is 5.11 Å². The second-order valence-electron chi connectivity index (χ2n) is 5.52. The van der Waals surface area contributed by atoms with Gasteiger partial charge in [0.05, 0.1) is 0 Å². The molecular weight excluding hydrogens is 254 g/mol. The lowest BCUT2D eigenvalue weighted by Gasteiger charge is -2.04. The Bertz CT molecular complexity index is 643. The van der Waals surface area contributed by atoms with E-state index in [9.17, 15) is 5.21 Å². The lowest BCUT2D eigenvalue weighted by molar-refractivity contribution is -0.644. The molecular formula is C15H19N3O2. The van der Waals surface area contributed by atoms with Crippen LogP contribution >= 0.6 is 0 Å². The lowest BCUT2D eigenvalue weighted by Crippen LogP contribution is -2.34. The van der Waals surface area contributed by atoms with Crippen molar-refractivity contribution in [2.75, 3.05) is 6.61 Å². The molecule has 0 saturated carbocycles. The van der Waals surface area contributed by atoms with Crippen LogP contribution in [0.2, 0.25) is 0 Å². The van der Waals surface area contributed by atoms with Crippen molar-refractivity contribution < 1.29 is 9.95 Å². The van der Waals surface area contributed by atoms with Gasteiger partial charge in [-0.2, -0.15) is 0 Å². The van der Waals surface area contributed by atoms with Gasteiger partial charge in [-0.3, -0.25) is 0 Å². The summed E-state index contributed by atoms with van der Waals surface area (Å²) in [6.07, 6.45) is 4.40. The normalized spacial score (nSPS) is 17.6. The van der Waals surface area contributed by atoms with Crippen LogP contribution in [-0.4, -0.2) is 21.8 Å². The van der Waals surface area contributed by atoms with Crippen LogP contribution in [0.3, 0.4) is 0 Å². The topological polar surface area (TPSA) is 73.0 Å². The van der Waals surface area contributed by atoms with Crippen LogP contribution < -0.4 is 4.85 Å². The first kappa shape index (κ1) is 13.2. The lowest BCUT2D eigenvalue weighted by atomic mass is 10.0. The molecule has 0 amide bonds. The van der Waals surface area contributed by atoms with Crippen molar-refractivity contribution in [3.05, 3.63) is 34.3 Å². The van der Waals surface area contributed by atoms with Crippen LogP contribution in [0.4, 0.5) is 0 Å². The third-order valence-corrected chi connectivity index (χ3v) is 4.11. The molecule has 1 aliphatic rings. The first-order chi connectivity index (χ1) is 9.71. The quantitative estimate of drug-likeness (QED) is 0.673. The molecule has 1 aliphatic carbocycles. The van der Waals surface area contributed by atoms with Crippen molar-refractivity contribution in [2.24, 2.45) is 5.92 Å². The number of aryl methyl sites for hydroxylation is 1. The summed E-state index contributed by atoms with van der Waals surface area (Å²) in [5.74, 6) is 1.19. The Balaban J connectivity index is 2.02. The van der Waals surface area contributed by atoms with Crippen LogP contribution in [0.15, 0.2) is 12.1 Å².